The van der Waals surface area contributed by atoms with Gasteiger partial charge >= 0.3 is 0 Å². The van der Waals surface area contributed by atoms with Crippen LogP contribution in [0, 0.1) is 0 Å². The number of fused-ring (bicyclic) bond motifs is 2. The van der Waals surface area contributed by atoms with E-state index in [9.17, 15) is 9.59 Å². The first-order chi connectivity index (χ1) is 17.6. The van der Waals surface area contributed by atoms with Gasteiger partial charge in [0.05, 0.1) is 36.8 Å². The zero-order valence-corrected chi connectivity index (χ0v) is 20.4. The number of amides is 1. The van der Waals surface area contributed by atoms with E-state index >= 15 is 0 Å². The monoisotopic (exact) mass is 485 g/mol. The number of para-hydroxylation sites is 1. The molecule has 1 amide bonds. The largest absolute Gasteiger partial charge is 0.494 e. The first-order valence-electron chi connectivity index (χ1n) is 12.1. The second-order valence-electron chi connectivity index (χ2n) is 8.25. The predicted octanol–water partition coefficient (Wildman–Crippen LogP) is 5.74. The fourth-order valence-electron chi connectivity index (χ4n) is 4.61. The number of hydrogen-bond donors (Lipinski definition) is 0. The summed E-state index contributed by atoms with van der Waals surface area (Å²) in [6.07, 6.45) is 0. The number of nitrogens with zero attached hydrogens (tertiary/aromatic N) is 1. The highest BCUT2D eigenvalue weighted by Gasteiger charge is 2.44. The van der Waals surface area contributed by atoms with Crippen LogP contribution >= 0.6 is 0 Å². The van der Waals surface area contributed by atoms with Gasteiger partial charge in [-0.15, -0.1) is 0 Å². The van der Waals surface area contributed by atoms with E-state index in [4.69, 9.17) is 18.6 Å². The molecule has 1 aromatic heterocycles. The van der Waals surface area contributed by atoms with E-state index in [-0.39, 0.29) is 17.1 Å². The van der Waals surface area contributed by atoms with Crippen LogP contribution < -0.4 is 24.5 Å². The lowest BCUT2D eigenvalue weighted by molar-refractivity contribution is 0.0971. The van der Waals surface area contributed by atoms with Crippen molar-refractivity contribution in [2.45, 2.75) is 26.8 Å². The highest BCUT2D eigenvalue weighted by molar-refractivity contribution is 6.10. The minimum atomic E-state index is -0.707. The smallest absolute Gasteiger partial charge is 0.295 e. The molecule has 0 radical (unpaired) electrons. The van der Waals surface area contributed by atoms with Gasteiger partial charge in [0, 0.05) is 5.69 Å². The van der Waals surface area contributed by atoms with Gasteiger partial charge in [-0.25, -0.2) is 0 Å². The van der Waals surface area contributed by atoms with Crippen LogP contribution in [0.3, 0.4) is 0 Å². The van der Waals surface area contributed by atoms with Crippen molar-refractivity contribution in [2.75, 3.05) is 24.7 Å². The van der Waals surface area contributed by atoms with Gasteiger partial charge < -0.3 is 18.6 Å². The van der Waals surface area contributed by atoms with Crippen molar-refractivity contribution in [2.24, 2.45) is 0 Å². The molecule has 5 rings (SSSR count). The number of carbonyl (C=O) groups is 1. The van der Waals surface area contributed by atoms with Gasteiger partial charge in [-0.3, -0.25) is 14.5 Å². The molecule has 0 N–H and O–H groups in total. The maximum Gasteiger partial charge on any atom is 0.295 e. The first kappa shape index (κ1) is 23.5. The van der Waals surface area contributed by atoms with Crippen LogP contribution in [0.1, 0.15) is 48.5 Å². The normalized spacial score (nSPS) is 14.7. The minimum Gasteiger partial charge on any atom is -0.494 e. The van der Waals surface area contributed by atoms with Crippen molar-refractivity contribution in [1.82, 2.24) is 0 Å². The van der Waals surface area contributed by atoms with Gasteiger partial charge in [0.2, 0.25) is 5.76 Å². The van der Waals surface area contributed by atoms with Crippen LogP contribution in [0.25, 0.3) is 11.0 Å². The zero-order chi connectivity index (χ0) is 25.2. The van der Waals surface area contributed by atoms with Crippen molar-refractivity contribution in [3.63, 3.8) is 0 Å². The number of carbonyl (C=O) groups excluding carboxylic acids is 1. The van der Waals surface area contributed by atoms with E-state index < -0.39 is 6.04 Å². The third kappa shape index (κ3) is 3.96. The maximum absolute atomic E-state index is 13.8. The molecule has 0 bridgehead atoms. The Morgan fingerprint density at radius 2 is 1.50 bits per heavy atom. The second-order valence-corrected chi connectivity index (χ2v) is 8.25. The number of ether oxygens (including phenoxy) is 3. The van der Waals surface area contributed by atoms with E-state index in [1.54, 1.807) is 29.2 Å². The predicted molar refractivity (Wildman–Crippen MR) is 138 cm³/mol. The summed E-state index contributed by atoms with van der Waals surface area (Å²) in [7, 11) is 0. The standard InChI is InChI=1S/C29H27NO6/c1-4-33-20-14-12-19(13-15-20)30-26(18-11-16-23(34-5-2)24(17-18)35-6-3)25-27(31)21-9-7-8-10-22(21)36-28(25)29(30)32/h7-17,26H,4-6H2,1-3H3. The molecule has 1 atom stereocenters. The molecule has 4 aromatic rings. The van der Waals surface area contributed by atoms with Gasteiger partial charge in [-0.1, -0.05) is 18.2 Å². The highest BCUT2D eigenvalue weighted by atomic mass is 16.5. The Hall–Kier alpha value is -4.26. The lowest BCUT2D eigenvalue weighted by Crippen LogP contribution is -2.29. The Morgan fingerprint density at radius 1 is 0.806 bits per heavy atom. The van der Waals surface area contributed by atoms with E-state index in [0.717, 1.165) is 0 Å². The molecular formula is C29H27NO6. The quantitative estimate of drug-likeness (QED) is 0.317. The number of hydrogen-bond acceptors (Lipinski definition) is 6. The van der Waals surface area contributed by atoms with Crippen LogP contribution in [-0.4, -0.2) is 25.7 Å². The first-order valence-corrected chi connectivity index (χ1v) is 12.1. The summed E-state index contributed by atoms with van der Waals surface area (Å²) in [4.78, 5) is 29.1. The van der Waals surface area contributed by atoms with E-state index in [0.29, 0.717) is 64.9 Å². The third-order valence-electron chi connectivity index (χ3n) is 6.09. The summed E-state index contributed by atoms with van der Waals surface area (Å²) < 4.78 is 23.2. The Labute approximate surface area is 208 Å². The molecule has 2 heterocycles. The Balaban J connectivity index is 1.72. The van der Waals surface area contributed by atoms with Crippen molar-refractivity contribution in [3.8, 4) is 17.2 Å². The van der Waals surface area contributed by atoms with Gasteiger partial charge in [-0.05, 0) is 74.9 Å². The van der Waals surface area contributed by atoms with Crippen LogP contribution in [0.4, 0.5) is 5.69 Å². The highest BCUT2D eigenvalue weighted by Crippen LogP contribution is 2.43. The molecule has 3 aromatic carbocycles. The summed E-state index contributed by atoms with van der Waals surface area (Å²) in [6, 6.07) is 19.0. The molecule has 0 saturated heterocycles. The van der Waals surface area contributed by atoms with Gasteiger partial charge in [0.15, 0.2) is 16.9 Å². The molecule has 1 unspecified atom stereocenters. The van der Waals surface area contributed by atoms with Crippen LogP contribution in [0.5, 0.6) is 17.2 Å². The number of benzene rings is 3. The molecular weight excluding hydrogens is 458 g/mol. The Bertz CT molecular complexity index is 1470. The Morgan fingerprint density at radius 3 is 2.22 bits per heavy atom. The molecule has 7 nitrogen and oxygen atoms in total. The molecule has 184 valence electrons. The van der Waals surface area contributed by atoms with Gasteiger partial charge in [0.25, 0.3) is 5.91 Å². The fourth-order valence-corrected chi connectivity index (χ4v) is 4.61. The topological polar surface area (TPSA) is 78.2 Å². The molecule has 1 aliphatic heterocycles. The summed E-state index contributed by atoms with van der Waals surface area (Å²) in [5, 5.41) is 0.429. The molecule has 0 spiro atoms. The average Bonchev–Trinajstić information content (AvgIpc) is 3.18. The fraction of sp³-hybridized carbons (Fsp3) is 0.241. The van der Waals surface area contributed by atoms with E-state index in [1.807, 2.05) is 63.2 Å². The zero-order valence-electron chi connectivity index (χ0n) is 20.4. The van der Waals surface area contributed by atoms with E-state index in [2.05, 4.69) is 0 Å². The van der Waals surface area contributed by atoms with E-state index in [1.165, 1.54) is 0 Å². The Kier molecular flexibility index (Phi) is 6.38. The molecule has 0 fully saturated rings. The number of rotatable bonds is 8. The molecule has 7 heteroatoms. The number of anilines is 1. The molecule has 1 aliphatic rings. The van der Waals surface area contributed by atoms with Crippen LogP contribution in [-0.2, 0) is 0 Å². The summed E-state index contributed by atoms with van der Waals surface area (Å²) >= 11 is 0. The van der Waals surface area contributed by atoms with Crippen molar-refractivity contribution in [1.29, 1.82) is 0 Å². The van der Waals surface area contributed by atoms with Crippen molar-refractivity contribution < 1.29 is 23.4 Å². The molecule has 36 heavy (non-hydrogen) atoms. The molecule has 0 aliphatic carbocycles. The lowest BCUT2D eigenvalue weighted by atomic mass is 9.97. The van der Waals surface area contributed by atoms with Crippen molar-refractivity contribution in [3.05, 3.63) is 93.8 Å². The van der Waals surface area contributed by atoms with Crippen LogP contribution in [0.2, 0.25) is 0 Å². The SMILES string of the molecule is CCOc1ccc(N2C(=O)c3oc4ccccc4c(=O)c3C2c2ccc(OCC)c(OCC)c2)cc1. The summed E-state index contributed by atoms with van der Waals surface area (Å²) in [5.74, 6) is 1.51. The average molecular weight is 486 g/mol. The second kappa shape index (κ2) is 9.77. The van der Waals surface area contributed by atoms with Crippen molar-refractivity contribution >= 4 is 22.6 Å². The van der Waals surface area contributed by atoms with Crippen LogP contribution in [0.15, 0.2) is 75.9 Å². The maximum atomic E-state index is 13.8. The summed E-state index contributed by atoms with van der Waals surface area (Å²) in [6.45, 7) is 7.17. The summed E-state index contributed by atoms with van der Waals surface area (Å²) in [5.41, 5.74) is 1.79. The third-order valence-corrected chi connectivity index (χ3v) is 6.09. The van der Waals surface area contributed by atoms with Gasteiger partial charge in [-0.2, -0.15) is 0 Å². The minimum absolute atomic E-state index is 0.0458. The lowest BCUT2D eigenvalue weighted by Gasteiger charge is -2.26. The van der Waals surface area contributed by atoms with Gasteiger partial charge in [0.1, 0.15) is 11.3 Å². The molecule has 0 saturated carbocycles.